The fourth-order valence-corrected chi connectivity index (χ4v) is 3.15. The predicted octanol–water partition coefficient (Wildman–Crippen LogP) is 2.32. The van der Waals surface area contributed by atoms with Crippen molar-refractivity contribution in [2.75, 3.05) is 38.7 Å². The van der Waals surface area contributed by atoms with Crippen LogP contribution in [0.2, 0.25) is 0 Å². The number of para-hydroxylation sites is 1. The van der Waals surface area contributed by atoms with E-state index in [9.17, 15) is 9.90 Å². The first kappa shape index (κ1) is 17.6. The third kappa shape index (κ3) is 5.13. The summed E-state index contributed by atoms with van der Waals surface area (Å²) in [7, 11) is 3.90. The number of nitrogens with one attached hydrogen (secondary N) is 1. The van der Waals surface area contributed by atoms with Gasteiger partial charge in [0.25, 0.3) is 0 Å². The summed E-state index contributed by atoms with van der Waals surface area (Å²) in [6.45, 7) is 1.68. The van der Waals surface area contributed by atoms with E-state index in [0.29, 0.717) is 18.5 Å². The summed E-state index contributed by atoms with van der Waals surface area (Å²) in [4.78, 5) is 16.2. The van der Waals surface area contributed by atoms with Gasteiger partial charge >= 0.3 is 6.03 Å². The van der Waals surface area contributed by atoms with Crippen LogP contribution in [0.25, 0.3) is 0 Å². The third-order valence-corrected chi connectivity index (χ3v) is 4.86. The zero-order valence-corrected chi connectivity index (χ0v) is 14.2. The Labute approximate surface area is 139 Å². The van der Waals surface area contributed by atoms with Crippen LogP contribution in [0, 0.1) is 5.92 Å². The molecule has 2 rings (SSSR count). The number of likely N-dealkylation sites (N-methyl/N-ethyl adjacent to an activating group) is 1. The molecule has 5 heteroatoms. The molecule has 2 N–H and O–H groups in total. The summed E-state index contributed by atoms with van der Waals surface area (Å²) in [6, 6.07) is 10.5. The highest BCUT2D eigenvalue weighted by Gasteiger charge is 2.25. The lowest BCUT2D eigenvalue weighted by atomic mass is 9.86. The van der Waals surface area contributed by atoms with Gasteiger partial charge in [-0.3, -0.25) is 0 Å². The van der Waals surface area contributed by atoms with Crippen molar-refractivity contribution in [3.63, 3.8) is 0 Å². The van der Waals surface area contributed by atoms with Gasteiger partial charge in [-0.05, 0) is 43.7 Å². The van der Waals surface area contributed by atoms with Gasteiger partial charge in [0.1, 0.15) is 0 Å². The van der Waals surface area contributed by atoms with Crippen LogP contribution < -0.4 is 10.2 Å². The molecule has 0 aliphatic heterocycles. The Bertz CT molecular complexity index is 472. The summed E-state index contributed by atoms with van der Waals surface area (Å²) in [5, 5.41) is 12.2. The maximum atomic E-state index is 12.3. The maximum Gasteiger partial charge on any atom is 0.317 e. The second-order valence-corrected chi connectivity index (χ2v) is 6.46. The summed E-state index contributed by atoms with van der Waals surface area (Å²) in [6.07, 6.45) is 3.99. The minimum absolute atomic E-state index is 0.00101. The molecule has 0 heterocycles. The standard InChI is InChI=1S/C18H29N3O2/c1-20(16-6-4-3-5-7-16)13-12-19-18(23)21(2)17-10-8-15(14-22)9-11-17/h3-7,15,17,22H,8-14H2,1-2H3,(H,19,23). The smallest absolute Gasteiger partial charge is 0.317 e. The number of amides is 2. The maximum absolute atomic E-state index is 12.3. The van der Waals surface area contributed by atoms with Crippen LogP contribution in [0.5, 0.6) is 0 Å². The van der Waals surface area contributed by atoms with E-state index in [1.54, 1.807) is 0 Å². The number of benzene rings is 1. The van der Waals surface area contributed by atoms with Crippen molar-refractivity contribution < 1.29 is 9.90 Å². The van der Waals surface area contributed by atoms with E-state index in [1.165, 1.54) is 0 Å². The van der Waals surface area contributed by atoms with Crippen molar-refractivity contribution in [3.05, 3.63) is 30.3 Å². The fourth-order valence-electron chi connectivity index (χ4n) is 3.15. The van der Waals surface area contributed by atoms with Gasteiger partial charge in [0.05, 0.1) is 0 Å². The quantitative estimate of drug-likeness (QED) is 0.846. The highest BCUT2D eigenvalue weighted by atomic mass is 16.3. The van der Waals surface area contributed by atoms with Gasteiger partial charge in [0, 0.05) is 45.5 Å². The fraction of sp³-hybridized carbons (Fsp3) is 0.611. The van der Waals surface area contributed by atoms with Crippen LogP contribution in [0.15, 0.2) is 30.3 Å². The Morgan fingerprint density at radius 1 is 1.17 bits per heavy atom. The Morgan fingerprint density at radius 3 is 2.43 bits per heavy atom. The normalized spacial score (nSPS) is 20.8. The number of hydrogen-bond acceptors (Lipinski definition) is 3. The van der Waals surface area contributed by atoms with Crippen molar-refractivity contribution >= 4 is 11.7 Å². The number of carbonyl (C=O) groups is 1. The molecule has 0 atom stereocenters. The van der Waals surface area contributed by atoms with Crippen LogP contribution in [-0.4, -0.2) is 55.9 Å². The first-order valence-corrected chi connectivity index (χ1v) is 8.49. The molecule has 1 saturated carbocycles. The van der Waals surface area contributed by atoms with E-state index in [0.717, 1.165) is 37.9 Å². The van der Waals surface area contributed by atoms with Crippen molar-refractivity contribution in [2.24, 2.45) is 5.92 Å². The average molecular weight is 319 g/mol. The molecule has 1 aliphatic rings. The minimum Gasteiger partial charge on any atom is -0.396 e. The third-order valence-electron chi connectivity index (χ3n) is 4.86. The molecule has 2 amide bonds. The van der Waals surface area contributed by atoms with Gasteiger partial charge in [-0.25, -0.2) is 4.79 Å². The van der Waals surface area contributed by atoms with Crippen LogP contribution in [0.3, 0.4) is 0 Å². The molecule has 0 aromatic heterocycles. The summed E-state index contributed by atoms with van der Waals surface area (Å²) >= 11 is 0. The monoisotopic (exact) mass is 319 g/mol. The summed E-state index contributed by atoms with van der Waals surface area (Å²) in [5.74, 6) is 0.419. The molecule has 0 spiro atoms. The van der Waals surface area contributed by atoms with E-state index in [1.807, 2.05) is 37.2 Å². The van der Waals surface area contributed by atoms with Crippen LogP contribution >= 0.6 is 0 Å². The second kappa shape index (κ2) is 8.77. The molecule has 1 aromatic rings. The number of rotatable bonds is 6. The van der Waals surface area contributed by atoms with Gasteiger partial charge in [0.15, 0.2) is 0 Å². The average Bonchev–Trinajstić information content (AvgIpc) is 2.61. The van der Waals surface area contributed by atoms with Gasteiger partial charge in [-0.1, -0.05) is 18.2 Å². The zero-order valence-electron chi connectivity index (χ0n) is 14.2. The number of carbonyl (C=O) groups excluding carboxylic acids is 1. The number of aliphatic hydroxyl groups is 1. The molecule has 1 aromatic carbocycles. The Hall–Kier alpha value is -1.75. The van der Waals surface area contributed by atoms with E-state index in [2.05, 4.69) is 22.3 Å². The minimum atomic E-state index is -0.00101. The molecule has 0 saturated heterocycles. The van der Waals surface area contributed by atoms with Crippen molar-refractivity contribution in [3.8, 4) is 0 Å². The molecular weight excluding hydrogens is 290 g/mol. The van der Waals surface area contributed by atoms with Crippen LogP contribution in [0.1, 0.15) is 25.7 Å². The van der Waals surface area contributed by atoms with E-state index >= 15 is 0 Å². The predicted molar refractivity (Wildman–Crippen MR) is 93.7 cm³/mol. The molecule has 1 fully saturated rings. The molecule has 23 heavy (non-hydrogen) atoms. The second-order valence-electron chi connectivity index (χ2n) is 6.46. The van der Waals surface area contributed by atoms with Gasteiger partial charge in [-0.2, -0.15) is 0 Å². The molecule has 5 nitrogen and oxygen atoms in total. The number of nitrogens with zero attached hydrogens (tertiary/aromatic N) is 2. The lowest BCUT2D eigenvalue weighted by Gasteiger charge is -2.34. The lowest BCUT2D eigenvalue weighted by Crippen LogP contribution is -2.46. The van der Waals surface area contributed by atoms with E-state index in [4.69, 9.17) is 0 Å². The molecule has 128 valence electrons. The summed E-state index contributed by atoms with van der Waals surface area (Å²) in [5.41, 5.74) is 1.15. The van der Waals surface area contributed by atoms with Crippen molar-refractivity contribution in [1.82, 2.24) is 10.2 Å². The molecule has 0 bridgehead atoms. The van der Waals surface area contributed by atoms with Crippen LogP contribution in [0.4, 0.5) is 10.5 Å². The van der Waals surface area contributed by atoms with Gasteiger partial charge < -0.3 is 20.2 Å². The topological polar surface area (TPSA) is 55.8 Å². The molecule has 0 radical (unpaired) electrons. The Kier molecular flexibility index (Phi) is 6.71. The van der Waals surface area contributed by atoms with Gasteiger partial charge in [-0.15, -0.1) is 0 Å². The Morgan fingerprint density at radius 2 is 1.83 bits per heavy atom. The van der Waals surface area contributed by atoms with E-state index < -0.39 is 0 Å². The van der Waals surface area contributed by atoms with Crippen LogP contribution in [-0.2, 0) is 0 Å². The highest BCUT2D eigenvalue weighted by Crippen LogP contribution is 2.26. The first-order chi connectivity index (χ1) is 11.1. The van der Waals surface area contributed by atoms with Gasteiger partial charge in [0.2, 0.25) is 0 Å². The molecule has 0 unspecified atom stereocenters. The largest absolute Gasteiger partial charge is 0.396 e. The SMILES string of the molecule is CN(CCNC(=O)N(C)C1CCC(CO)CC1)c1ccccc1. The highest BCUT2D eigenvalue weighted by molar-refractivity contribution is 5.74. The number of aliphatic hydroxyl groups excluding tert-OH is 1. The first-order valence-electron chi connectivity index (χ1n) is 8.49. The number of urea groups is 1. The molecular formula is C18H29N3O2. The Balaban J connectivity index is 1.70. The van der Waals surface area contributed by atoms with Crippen molar-refractivity contribution in [2.45, 2.75) is 31.7 Å². The van der Waals surface area contributed by atoms with Crippen molar-refractivity contribution in [1.29, 1.82) is 0 Å². The van der Waals surface area contributed by atoms with E-state index in [-0.39, 0.29) is 12.6 Å². The zero-order chi connectivity index (χ0) is 16.7. The molecule has 1 aliphatic carbocycles. The number of anilines is 1. The number of hydrogen-bond donors (Lipinski definition) is 2. The summed E-state index contributed by atoms with van der Waals surface area (Å²) < 4.78 is 0. The lowest BCUT2D eigenvalue weighted by molar-refractivity contribution is 0.134.